The second-order valence-electron chi connectivity index (χ2n) is 13.6. The van der Waals surface area contributed by atoms with Crippen LogP contribution in [0.3, 0.4) is 0 Å². The number of rotatable bonds is 7. The predicted octanol–water partition coefficient (Wildman–Crippen LogP) is 6.22. The average molecular weight is 652 g/mol. The van der Waals surface area contributed by atoms with Crippen LogP contribution in [0.2, 0.25) is 5.02 Å². The minimum atomic E-state index is -0.634. The SMILES string of the molecule is COC(=O)c1c(Cc2ccc(C(=O)N[C@@H]3CC[C@@]4(NC(C)=O)CC5C[C@H](C[C@@H]53)C4)cc2)c(=O)c2ccc(Cl)cc2n1-c1ccccc1. The molecule has 0 saturated heterocycles. The van der Waals surface area contributed by atoms with Gasteiger partial charge < -0.3 is 19.9 Å². The van der Waals surface area contributed by atoms with E-state index in [0.29, 0.717) is 50.5 Å². The zero-order valence-corrected chi connectivity index (χ0v) is 27.3. The highest BCUT2D eigenvalue weighted by Crippen LogP contribution is 2.55. The molecule has 0 spiro atoms. The molecule has 0 radical (unpaired) electrons. The number of ether oxygens (including phenoxy) is 1. The first-order valence-electron chi connectivity index (χ1n) is 16.3. The number of amides is 2. The van der Waals surface area contributed by atoms with Crippen molar-refractivity contribution in [2.45, 2.75) is 63.5 Å². The molecule has 3 aromatic carbocycles. The largest absolute Gasteiger partial charge is 0.464 e. The molecule has 3 bridgehead atoms. The average Bonchev–Trinajstić information content (AvgIpc) is 3.32. The predicted molar refractivity (Wildman–Crippen MR) is 181 cm³/mol. The molecule has 2 amide bonds. The highest BCUT2D eigenvalue weighted by atomic mass is 35.5. The Morgan fingerprint density at radius 2 is 1.77 bits per heavy atom. The van der Waals surface area contributed by atoms with Crippen molar-refractivity contribution in [2.75, 3.05) is 7.11 Å². The number of aromatic nitrogens is 1. The van der Waals surface area contributed by atoms with Crippen LogP contribution in [0.15, 0.2) is 77.6 Å². The molecule has 1 aromatic heterocycles. The number of methoxy groups -OCH3 is 1. The van der Waals surface area contributed by atoms with E-state index in [1.165, 1.54) is 13.5 Å². The third-order valence-corrected chi connectivity index (χ3v) is 10.8. The quantitative estimate of drug-likeness (QED) is 0.231. The Morgan fingerprint density at radius 3 is 2.49 bits per heavy atom. The minimum absolute atomic E-state index is 0.0243. The lowest BCUT2D eigenvalue weighted by Crippen LogP contribution is -2.51. The molecule has 1 unspecified atom stereocenters. The van der Waals surface area contributed by atoms with Crippen LogP contribution in [0.4, 0.5) is 0 Å². The number of nitrogens with one attached hydrogen (secondary N) is 2. The van der Waals surface area contributed by atoms with Gasteiger partial charge in [-0.05, 0) is 104 Å². The maximum Gasteiger partial charge on any atom is 0.355 e. The van der Waals surface area contributed by atoms with Crippen molar-refractivity contribution in [2.24, 2.45) is 17.8 Å². The Labute approximate surface area is 278 Å². The van der Waals surface area contributed by atoms with Gasteiger partial charge in [-0.2, -0.15) is 0 Å². The van der Waals surface area contributed by atoms with Crippen LogP contribution in [-0.4, -0.2) is 41.0 Å². The van der Waals surface area contributed by atoms with Gasteiger partial charge in [-0.1, -0.05) is 41.9 Å². The van der Waals surface area contributed by atoms with Crippen LogP contribution < -0.4 is 16.1 Å². The van der Waals surface area contributed by atoms with Crippen LogP contribution in [-0.2, 0) is 16.0 Å². The van der Waals surface area contributed by atoms with Crippen LogP contribution in [0.5, 0.6) is 0 Å². The number of pyridine rings is 1. The third kappa shape index (κ3) is 5.84. The highest BCUT2D eigenvalue weighted by Gasteiger charge is 2.53. The molecule has 0 aliphatic heterocycles. The second-order valence-corrected chi connectivity index (χ2v) is 14.0. The number of fused-ring (bicyclic) bond motifs is 3. The summed E-state index contributed by atoms with van der Waals surface area (Å²) in [6.45, 7) is 1.60. The molecule has 5 atom stereocenters. The number of halogens is 1. The molecule has 8 nitrogen and oxygen atoms in total. The molecule has 4 aromatic rings. The molecule has 47 heavy (non-hydrogen) atoms. The van der Waals surface area contributed by atoms with Crippen molar-refractivity contribution in [3.8, 4) is 5.69 Å². The summed E-state index contributed by atoms with van der Waals surface area (Å²) in [6, 6.07) is 21.6. The minimum Gasteiger partial charge on any atom is -0.464 e. The topological polar surface area (TPSA) is 106 Å². The summed E-state index contributed by atoms with van der Waals surface area (Å²) in [7, 11) is 1.30. The van der Waals surface area contributed by atoms with Gasteiger partial charge in [0.25, 0.3) is 5.91 Å². The first-order valence-corrected chi connectivity index (χ1v) is 16.7. The Morgan fingerprint density at radius 1 is 1.00 bits per heavy atom. The Bertz CT molecular complexity index is 1940. The van der Waals surface area contributed by atoms with Crippen molar-refractivity contribution >= 4 is 40.3 Å². The fourth-order valence-electron chi connectivity index (χ4n) is 8.83. The first kappa shape index (κ1) is 31.2. The molecule has 1 heterocycles. The fraction of sp³-hybridized carbons (Fsp3) is 0.368. The third-order valence-electron chi connectivity index (χ3n) is 10.6. The number of benzene rings is 3. The summed E-state index contributed by atoms with van der Waals surface area (Å²) in [5.74, 6) is 0.797. The van der Waals surface area contributed by atoms with E-state index in [0.717, 1.165) is 37.7 Å². The van der Waals surface area contributed by atoms with E-state index in [9.17, 15) is 19.2 Å². The van der Waals surface area contributed by atoms with E-state index < -0.39 is 5.97 Å². The molecule has 3 saturated carbocycles. The fourth-order valence-corrected chi connectivity index (χ4v) is 9.00. The summed E-state index contributed by atoms with van der Waals surface area (Å²) in [5.41, 5.74) is 2.52. The van der Waals surface area contributed by atoms with Gasteiger partial charge in [0.2, 0.25) is 5.91 Å². The zero-order chi connectivity index (χ0) is 32.9. The second kappa shape index (κ2) is 12.3. The van der Waals surface area contributed by atoms with Crippen molar-refractivity contribution < 1.29 is 19.1 Å². The normalized spacial score (nSPS) is 24.5. The number of hydrogen-bond donors (Lipinski definition) is 2. The molecular formula is C38H38ClN3O5. The van der Waals surface area contributed by atoms with Crippen molar-refractivity contribution in [1.82, 2.24) is 15.2 Å². The number of hydrogen-bond acceptors (Lipinski definition) is 5. The molecule has 2 N–H and O–H groups in total. The monoisotopic (exact) mass is 651 g/mol. The summed E-state index contributed by atoms with van der Waals surface area (Å²) in [4.78, 5) is 52.9. The van der Waals surface area contributed by atoms with E-state index in [4.69, 9.17) is 16.3 Å². The standard InChI is InChI=1S/C38H38ClN3O5/c1-22(43)41-38-15-14-32(30-18-24(20-38)16-26(30)21-38)40-36(45)25-10-8-23(9-11-25)17-31-34(37(46)47-2)42(28-6-4-3-5-7-28)33-19-27(39)12-13-29(33)35(31)44/h3-13,19,24,26,30,32H,14-18,20-21H2,1-2H3,(H,40,45)(H,41,43)/t24-,26?,30+,32-,38+/m1/s1. The Kier molecular flexibility index (Phi) is 8.16. The van der Waals surface area contributed by atoms with E-state index >= 15 is 0 Å². The van der Waals surface area contributed by atoms with Gasteiger partial charge in [0.1, 0.15) is 5.69 Å². The number of para-hydroxylation sites is 1. The summed E-state index contributed by atoms with van der Waals surface area (Å²) in [6.07, 6.45) is 6.19. The van der Waals surface area contributed by atoms with Gasteiger partial charge >= 0.3 is 5.97 Å². The molecule has 3 aliphatic carbocycles. The number of esters is 1. The van der Waals surface area contributed by atoms with E-state index in [1.807, 2.05) is 42.5 Å². The van der Waals surface area contributed by atoms with E-state index in [2.05, 4.69) is 10.6 Å². The van der Waals surface area contributed by atoms with Gasteiger partial charge in [0, 0.05) is 52.1 Å². The van der Waals surface area contributed by atoms with Gasteiger partial charge in [-0.3, -0.25) is 14.4 Å². The zero-order valence-electron chi connectivity index (χ0n) is 26.6. The maximum absolute atomic E-state index is 13.9. The molecule has 3 fully saturated rings. The summed E-state index contributed by atoms with van der Waals surface area (Å²) in [5, 5.41) is 7.50. The Balaban J connectivity index is 1.17. The molecule has 242 valence electrons. The maximum atomic E-state index is 13.9. The van der Waals surface area contributed by atoms with Crippen LogP contribution in [0.1, 0.15) is 77.4 Å². The van der Waals surface area contributed by atoms with Gasteiger partial charge in [-0.15, -0.1) is 0 Å². The first-order chi connectivity index (χ1) is 22.6. The Hall–Kier alpha value is -4.43. The molecule has 9 heteroatoms. The van der Waals surface area contributed by atoms with Gasteiger partial charge in [0.05, 0.1) is 12.6 Å². The van der Waals surface area contributed by atoms with Crippen LogP contribution in [0.25, 0.3) is 16.6 Å². The molecule has 3 aliphatic rings. The lowest BCUT2D eigenvalue weighted by atomic mass is 9.73. The number of carbonyl (C=O) groups is 3. The summed E-state index contributed by atoms with van der Waals surface area (Å²) >= 11 is 6.36. The van der Waals surface area contributed by atoms with Crippen molar-refractivity contribution in [3.05, 3.63) is 110 Å². The molecular weight excluding hydrogens is 614 g/mol. The summed E-state index contributed by atoms with van der Waals surface area (Å²) < 4.78 is 6.93. The number of nitrogens with zero attached hydrogens (tertiary/aromatic N) is 1. The van der Waals surface area contributed by atoms with Gasteiger partial charge in [-0.25, -0.2) is 4.79 Å². The smallest absolute Gasteiger partial charge is 0.355 e. The number of carbonyl (C=O) groups excluding carboxylic acids is 3. The lowest BCUT2D eigenvalue weighted by molar-refractivity contribution is -0.121. The van der Waals surface area contributed by atoms with Crippen molar-refractivity contribution in [1.29, 1.82) is 0 Å². The van der Waals surface area contributed by atoms with Gasteiger partial charge in [0.15, 0.2) is 5.43 Å². The highest BCUT2D eigenvalue weighted by molar-refractivity contribution is 6.31. The van der Waals surface area contributed by atoms with Crippen molar-refractivity contribution in [3.63, 3.8) is 0 Å². The van der Waals surface area contributed by atoms with Crippen LogP contribution in [0, 0.1) is 17.8 Å². The lowest BCUT2D eigenvalue weighted by Gasteiger charge is -2.40. The molecule has 7 rings (SSSR count). The van der Waals surface area contributed by atoms with Crippen LogP contribution >= 0.6 is 11.6 Å². The van der Waals surface area contributed by atoms with E-state index in [-0.39, 0.29) is 40.9 Å². The van der Waals surface area contributed by atoms with E-state index in [1.54, 1.807) is 41.8 Å².